The normalized spacial score (nSPS) is 16.7. The van der Waals surface area contributed by atoms with Crippen LogP contribution in [0, 0.1) is 5.92 Å². The van der Waals surface area contributed by atoms with Crippen molar-refractivity contribution in [1.29, 1.82) is 0 Å². The molecule has 0 bridgehead atoms. The standard InChI is InChI=1S/C26H26Cl2N2O3S2/c27-22-11-10-21(25(28)15-22)18-35(32,33)30-14-4-5-20(16-30)26(31)29-23-12-8-19(9-13-23)17-34-24-6-2-1-3-7-24/h1-3,6-13,15,20H,4-5,14,16-18H2,(H,29,31)/t20-/m1/s1. The zero-order valence-electron chi connectivity index (χ0n) is 19.0. The number of sulfonamides is 1. The van der Waals surface area contributed by atoms with Crippen LogP contribution in [0.1, 0.15) is 24.0 Å². The van der Waals surface area contributed by atoms with E-state index in [-0.39, 0.29) is 18.2 Å². The number of nitrogens with zero attached hydrogens (tertiary/aromatic N) is 1. The van der Waals surface area contributed by atoms with Gasteiger partial charge in [-0.25, -0.2) is 12.7 Å². The van der Waals surface area contributed by atoms with E-state index in [0.717, 1.165) is 11.3 Å². The number of anilines is 1. The number of rotatable bonds is 8. The SMILES string of the molecule is O=C(Nc1ccc(CSc2ccccc2)cc1)[C@@H]1CCCN(S(=O)(=O)Cc2ccc(Cl)cc2Cl)C1. The van der Waals surface area contributed by atoms with Crippen molar-refractivity contribution in [2.75, 3.05) is 18.4 Å². The molecule has 1 atom stereocenters. The van der Waals surface area contributed by atoms with Crippen molar-refractivity contribution in [3.8, 4) is 0 Å². The first-order chi connectivity index (χ1) is 16.8. The Bertz CT molecular complexity index is 1270. The van der Waals surface area contributed by atoms with Gasteiger partial charge < -0.3 is 5.32 Å². The van der Waals surface area contributed by atoms with Crippen LogP contribution in [0.2, 0.25) is 10.0 Å². The Morgan fingerprint density at radius 2 is 1.77 bits per heavy atom. The van der Waals surface area contributed by atoms with Crippen LogP contribution < -0.4 is 5.32 Å². The fraction of sp³-hybridized carbons (Fsp3) is 0.269. The zero-order chi connectivity index (χ0) is 24.8. The first kappa shape index (κ1) is 26.0. The topological polar surface area (TPSA) is 66.5 Å². The number of carbonyl (C=O) groups excluding carboxylic acids is 1. The number of hydrogen-bond donors (Lipinski definition) is 1. The Hall–Kier alpha value is -2.03. The molecule has 1 heterocycles. The maximum absolute atomic E-state index is 13.0. The van der Waals surface area contributed by atoms with Crippen molar-refractivity contribution in [1.82, 2.24) is 4.31 Å². The number of piperidine rings is 1. The summed E-state index contributed by atoms with van der Waals surface area (Å²) < 4.78 is 27.4. The molecular weight excluding hydrogens is 523 g/mol. The molecule has 1 N–H and O–H groups in total. The highest BCUT2D eigenvalue weighted by molar-refractivity contribution is 7.98. The van der Waals surface area contributed by atoms with E-state index in [1.165, 1.54) is 15.3 Å². The number of benzene rings is 3. The first-order valence-corrected chi connectivity index (χ1v) is 14.6. The van der Waals surface area contributed by atoms with Crippen molar-refractivity contribution >= 4 is 56.6 Å². The smallest absolute Gasteiger partial charge is 0.228 e. The highest BCUT2D eigenvalue weighted by atomic mass is 35.5. The van der Waals surface area contributed by atoms with Gasteiger partial charge in [0.25, 0.3) is 0 Å². The van der Waals surface area contributed by atoms with Crippen molar-refractivity contribution in [3.63, 3.8) is 0 Å². The second-order valence-electron chi connectivity index (χ2n) is 8.48. The number of thioether (sulfide) groups is 1. The molecule has 0 spiro atoms. The summed E-state index contributed by atoms with van der Waals surface area (Å²) in [6, 6.07) is 22.7. The number of carbonyl (C=O) groups is 1. The Morgan fingerprint density at radius 1 is 1.03 bits per heavy atom. The van der Waals surface area contributed by atoms with Crippen LogP contribution >= 0.6 is 35.0 Å². The summed E-state index contributed by atoms with van der Waals surface area (Å²) in [6.45, 7) is 0.552. The van der Waals surface area contributed by atoms with Gasteiger partial charge in [0.1, 0.15) is 0 Å². The summed E-state index contributed by atoms with van der Waals surface area (Å²) >= 11 is 13.8. The average Bonchev–Trinajstić information content (AvgIpc) is 2.86. The second kappa shape index (κ2) is 11.8. The maximum atomic E-state index is 13.0. The van der Waals surface area contributed by atoms with E-state index in [4.69, 9.17) is 23.2 Å². The molecule has 184 valence electrons. The van der Waals surface area contributed by atoms with E-state index in [1.807, 2.05) is 42.5 Å². The van der Waals surface area contributed by atoms with E-state index in [2.05, 4.69) is 17.4 Å². The van der Waals surface area contributed by atoms with Gasteiger partial charge in [-0.05, 0) is 60.4 Å². The van der Waals surface area contributed by atoms with Gasteiger partial charge in [0.2, 0.25) is 15.9 Å². The lowest BCUT2D eigenvalue weighted by molar-refractivity contribution is -0.120. The number of hydrogen-bond acceptors (Lipinski definition) is 4. The summed E-state index contributed by atoms with van der Waals surface area (Å²) in [5.41, 5.74) is 2.36. The maximum Gasteiger partial charge on any atom is 0.228 e. The van der Waals surface area contributed by atoms with Gasteiger partial charge in [0.15, 0.2) is 0 Å². The van der Waals surface area contributed by atoms with Crippen LogP contribution in [0.5, 0.6) is 0 Å². The Kier molecular flexibility index (Phi) is 8.78. The van der Waals surface area contributed by atoms with Gasteiger partial charge in [-0.3, -0.25) is 4.79 Å². The quantitative estimate of drug-likeness (QED) is 0.327. The third-order valence-electron chi connectivity index (χ3n) is 5.87. The van der Waals surface area contributed by atoms with Gasteiger partial charge in [-0.2, -0.15) is 0 Å². The van der Waals surface area contributed by atoms with Crippen LogP contribution in [0.25, 0.3) is 0 Å². The first-order valence-electron chi connectivity index (χ1n) is 11.3. The molecule has 5 nitrogen and oxygen atoms in total. The van der Waals surface area contributed by atoms with Crippen LogP contribution in [-0.2, 0) is 26.3 Å². The van der Waals surface area contributed by atoms with Crippen LogP contribution in [0.3, 0.4) is 0 Å². The number of halogens is 2. The van der Waals surface area contributed by atoms with E-state index in [1.54, 1.807) is 23.9 Å². The lowest BCUT2D eigenvalue weighted by atomic mass is 9.98. The summed E-state index contributed by atoms with van der Waals surface area (Å²) in [7, 11) is -3.62. The Morgan fingerprint density at radius 3 is 2.49 bits per heavy atom. The highest BCUT2D eigenvalue weighted by Crippen LogP contribution is 2.27. The molecule has 1 aliphatic rings. The third-order valence-corrected chi connectivity index (χ3v) is 9.34. The van der Waals surface area contributed by atoms with Crippen molar-refractivity contribution < 1.29 is 13.2 Å². The molecule has 0 unspecified atom stereocenters. The molecular formula is C26H26Cl2N2O3S2. The second-order valence-corrected chi connectivity index (χ2v) is 12.3. The minimum Gasteiger partial charge on any atom is -0.326 e. The minimum absolute atomic E-state index is 0.158. The van der Waals surface area contributed by atoms with Crippen LogP contribution in [0.15, 0.2) is 77.7 Å². The van der Waals surface area contributed by atoms with E-state index < -0.39 is 15.9 Å². The molecule has 0 aliphatic carbocycles. The predicted molar refractivity (Wildman–Crippen MR) is 144 cm³/mol. The molecule has 3 aromatic rings. The fourth-order valence-corrected chi connectivity index (χ4v) is 7.02. The zero-order valence-corrected chi connectivity index (χ0v) is 22.1. The van der Waals surface area contributed by atoms with Gasteiger partial charge >= 0.3 is 0 Å². The molecule has 1 fully saturated rings. The molecule has 1 amide bonds. The number of amides is 1. The van der Waals surface area contributed by atoms with Gasteiger partial charge in [-0.15, -0.1) is 11.8 Å². The highest BCUT2D eigenvalue weighted by Gasteiger charge is 2.32. The lowest BCUT2D eigenvalue weighted by Crippen LogP contribution is -2.44. The molecule has 3 aromatic carbocycles. The number of nitrogens with one attached hydrogen (secondary N) is 1. The van der Waals surface area contributed by atoms with Crippen molar-refractivity contribution in [3.05, 3.63) is 94.0 Å². The molecule has 1 saturated heterocycles. The third kappa shape index (κ3) is 7.24. The van der Waals surface area contributed by atoms with Crippen LogP contribution in [-0.4, -0.2) is 31.7 Å². The summed E-state index contributed by atoms with van der Waals surface area (Å²) in [4.78, 5) is 14.1. The molecule has 9 heteroatoms. The average molecular weight is 550 g/mol. The summed E-state index contributed by atoms with van der Waals surface area (Å²) in [6.07, 6.45) is 1.27. The Labute approximate surface area is 220 Å². The molecule has 0 radical (unpaired) electrons. The minimum atomic E-state index is -3.62. The summed E-state index contributed by atoms with van der Waals surface area (Å²) in [5, 5.41) is 3.72. The van der Waals surface area contributed by atoms with E-state index in [0.29, 0.717) is 40.7 Å². The van der Waals surface area contributed by atoms with Gasteiger partial charge in [0.05, 0.1) is 11.7 Å². The Balaban J connectivity index is 1.33. The van der Waals surface area contributed by atoms with E-state index in [9.17, 15) is 13.2 Å². The van der Waals surface area contributed by atoms with Gasteiger partial charge in [-0.1, -0.05) is 59.6 Å². The largest absolute Gasteiger partial charge is 0.326 e. The molecule has 35 heavy (non-hydrogen) atoms. The molecule has 1 aliphatic heterocycles. The van der Waals surface area contributed by atoms with Crippen molar-refractivity contribution in [2.45, 2.75) is 29.2 Å². The van der Waals surface area contributed by atoms with E-state index >= 15 is 0 Å². The van der Waals surface area contributed by atoms with Crippen molar-refractivity contribution in [2.24, 2.45) is 5.92 Å². The monoisotopic (exact) mass is 548 g/mol. The predicted octanol–water partition coefficient (Wildman–Crippen LogP) is 6.47. The molecule has 0 saturated carbocycles. The molecule has 4 rings (SSSR count). The van der Waals surface area contributed by atoms with Crippen LogP contribution in [0.4, 0.5) is 5.69 Å². The lowest BCUT2D eigenvalue weighted by Gasteiger charge is -2.31. The van der Waals surface area contributed by atoms with Gasteiger partial charge in [0, 0.05) is 39.5 Å². The summed E-state index contributed by atoms with van der Waals surface area (Å²) in [5.74, 6) is 0.0406. The fourth-order valence-electron chi connectivity index (χ4n) is 3.95. The molecule has 0 aromatic heterocycles.